The number of sulfone groups is 1. The van der Waals surface area contributed by atoms with Crippen molar-refractivity contribution in [3.8, 4) is 10.6 Å². The van der Waals surface area contributed by atoms with Crippen LogP contribution in [0, 0.1) is 6.92 Å². The normalized spacial score (nSPS) is 17.7. The lowest BCUT2D eigenvalue weighted by molar-refractivity contribution is -0.121. The molecule has 3 aromatic rings. The van der Waals surface area contributed by atoms with E-state index in [4.69, 9.17) is 0 Å². The van der Waals surface area contributed by atoms with Crippen LogP contribution in [0.5, 0.6) is 0 Å². The van der Waals surface area contributed by atoms with Crippen molar-refractivity contribution in [2.24, 2.45) is 0 Å². The second kappa shape index (κ2) is 7.48. The molecule has 28 heavy (non-hydrogen) atoms. The Balaban J connectivity index is 1.46. The largest absolute Gasteiger partial charge is 0.349 e. The van der Waals surface area contributed by atoms with Gasteiger partial charge in [0, 0.05) is 10.9 Å². The molecule has 0 spiro atoms. The minimum Gasteiger partial charge on any atom is -0.349 e. The Morgan fingerprint density at radius 2 is 1.93 bits per heavy atom. The summed E-state index contributed by atoms with van der Waals surface area (Å²) in [5, 5.41) is 5.76. The SMILES string of the molecule is Cc1ccc(-c2nc(CC(=O)N[C@H]3CCS(=O)(=O)c4ccccc43)cs2)cc1. The van der Waals surface area contributed by atoms with Gasteiger partial charge in [-0.05, 0) is 25.0 Å². The van der Waals surface area contributed by atoms with E-state index in [1.54, 1.807) is 24.3 Å². The van der Waals surface area contributed by atoms with E-state index in [0.29, 0.717) is 16.9 Å². The van der Waals surface area contributed by atoms with Crippen molar-refractivity contribution in [1.82, 2.24) is 10.3 Å². The molecule has 0 radical (unpaired) electrons. The zero-order valence-electron chi connectivity index (χ0n) is 15.4. The summed E-state index contributed by atoms with van der Waals surface area (Å²) >= 11 is 1.51. The molecular formula is C21H20N2O3S2. The van der Waals surface area contributed by atoms with Gasteiger partial charge < -0.3 is 5.32 Å². The smallest absolute Gasteiger partial charge is 0.226 e. The van der Waals surface area contributed by atoms with Crippen molar-refractivity contribution < 1.29 is 13.2 Å². The maximum atomic E-state index is 12.5. The minimum atomic E-state index is -3.26. The summed E-state index contributed by atoms with van der Waals surface area (Å²) in [6, 6.07) is 14.7. The lowest BCUT2D eigenvalue weighted by Gasteiger charge is -2.26. The van der Waals surface area contributed by atoms with Crippen LogP contribution < -0.4 is 5.32 Å². The lowest BCUT2D eigenvalue weighted by atomic mass is 10.0. The third-order valence-electron chi connectivity index (χ3n) is 4.83. The summed E-state index contributed by atoms with van der Waals surface area (Å²) in [5.74, 6) is -0.108. The van der Waals surface area contributed by atoms with Crippen molar-refractivity contribution in [1.29, 1.82) is 0 Å². The minimum absolute atomic E-state index is 0.0449. The Morgan fingerprint density at radius 3 is 2.71 bits per heavy atom. The van der Waals surface area contributed by atoms with Gasteiger partial charge in [-0.25, -0.2) is 13.4 Å². The molecule has 1 aliphatic heterocycles. The van der Waals surface area contributed by atoms with Crippen LogP contribution in [0.15, 0.2) is 58.8 Å². The third kappa shape index (κ3) is 3.86. The van der Waals surface area contributed by atoms with Crippen molar-refractivity contribution in [2.75, 3.05) is 5.75 Å². The van der Waals surface area contributed by atoms with E-state index in [9.17, 15) is 13.2 Å². The summed E-state index contributed by atoms with van der Waals surface area (Å²) in [6.45, 7) is 2.04. The number of rotatable bonds is 4. The van der Waals surface area contributed by atoms with Crippen LogP contribution in [0.25, 0.3) is 10.6 Å². The summed E-state index contributed by atoms with van der Waals surface area (Å²) < 4.78 is 24.5. The fourth-order valence-corrected chi connectivity index (χ4v) is 5.81. The molecule has 0 bridgehead atoms. The van der Waals surface area contributed by atoms with Gasteiger partial charge in [0.05, 0.1) is 28.8 Å². The maximum absolute atomic E-state index is 12.5. The number of carbonyl (C=O) groups is 1. The standard InChI is InChI=1S/C21H20N2O3S2/c1-14-6-8-15(9-7-14)21-22-16(13-27-21)12-20(24)23-18-10-11-28(25,26)19-5-3-2-4-17(18)19/h2-9,13,18H,10-12H2,1H3,(H,23,24)/t18-/m0/s1. The van der Waals surface area contributed by atoms with Gasteiger partial charge in [0.1, 0.15) is 5.01 Å². The van der Waals surface area contributed by atoms with Gasteiger partial charge in [0.2, 0.25) is 5.91 Å². The number of carbonyl (C=O) groups excluding carboxylic acids is 1. The van der Waals surface area contributed by atoms with Gasteiger partial charge in [-0.15, -0.1) is 11.3 Å². The van der Waals surface area contributed by atoms with Crippen LogP contribution in [-0.2, 0) is 21.1 Å². The Labute approximate surface area is 168 Å². The highest BCUT2D eigenvalue weighted by Crippen LogP contribution is 2.32. The van der Waals surface area contributed by atoms with Crippen LogP contribution in [0.4, 0.5) is 0 Å². The number of fused-ring (bicyclic) bond motifs is 1. The van der Waals surface area contributed by atoms with E-state index in [-0.39, 0.29) is 24.1 Å². The monoisotopic (exact) mass is 412 g/mol. The summed E-state index contributed by atoms with van der Waals surface area (Å²) in [4.78, 5) is 17.4. The number of amides is 1. The highest BCUT2D eigenvalue weighted by Gasteiger charge is 2.30. The van der Waals surface area contributed by atoms with Crippen LogP contribution in [0.2, 0.25) is 0 Å². The quantitative estimate of drug-likeness (QED) is 0.709. The summed E-state index contributed by atoms with van der Waals surface area (Å²) in [5.41, 5.74) is 3.61. The number of benzene rings is 2. The Hall–Kier alpha value is -2.51. The number of nitrogens with one attached hydrogen (secondary N) is 1. The zero-order chi connectivity index (χ0) is 19.7. The topological polar surface area (TPSA) is 76.1 Å². The van der Waals surface area contributed by atoms with Crippen LogP contribution in [-0.4, -0.2) is 25.1 Å². The average molecular weight is 413 g/mol. The van der Waals surface area contributed by atoms with E-state index in [1.165, 1.54) is 16.9 Å². The number of hydrogen-bond donors (Lipinski definition) is 1. The van der Waals surface area contributed by atoms with Crippen LogP contribution in [0.3, 0.4) is 0 Å². The van der Waals surface area contributed by atoms with E-state index in [1.807, 2.05) is 36.6 Å². The number of aryl methyl sites for hydroxylation is 1. The molecule has 1 aliphatic rings. The van der Waals surface area contributed by atoms with Crippen molar-refractivity contribution in [3.63, 3.8) is 0 Å². The van der Waals surface area contributed by atoms with Gasteiger partial charge in [0.15, 0.2) is 9.84 Å². The molecule has 5 nitrogen and oxygen atoms in total. The number of thiazole rings is 1. The number of hydrogen-bond acceptors (Lipinski definition) is 5. The van der Waals surface area contributed by atoms with Gasteiger partial charge >= 0.3 is 0 Å². The fourth-order valence-electron chi connectivity index (χ4n) is 3.37. The molecule has 2 aromatic carbocycles. The summed E-state index contributed by atoms with van der Waals surface area (Å²) in [7, 11) is -3.26. The molecule has 1 amide bonds. The highest BCUT2D eigenvalue weighted by atomic mass is 32.2. The second-order valence-electron chi connectivity index (χ2n) is 6.95. The maximum Gasteiger partial charge on any atom is 0.226 e. The van der Waals surface area contributed by atoms with Crippen LogP contribution >= 0.6 is 11.3 Å². The van der Waals surface area contributed by atoms with Gasteiger partial charge in [-0.1, -0.05) is 48.0 Å². The van der Waals surface area contributed by atoms with Gasteiger partial charge in [0.25, 0.3) is 0 Å². The van der Waals surface area contributed by atoms with Gasteiger partial charge in [-0.2, -0.15) is 0 Å². The third-order valence-corrected chi connectivity index (χ3v) is 7.59. The molecule has 0 fully saturated rings. The van der Waals surface area contributed by atoms with Crippen LogP contribution in [0.1, 0.15) is 29.3 Å². The lowest BCUT2D eigenvalue weighted by Crippen LogP contribution is -2.34. The number of aromatic nitrogens is 1. The predicted octanol–water partition coefficient (Wildman–Crippen LogP) is 3.70. The Bertz CT molecular complexity index is 1120. The molecule has 1 aromatic heterocycles. The van der Waals surface area contributed by atoms with Gasteiger partial charge in [-0.3, -0.25) is 4.79 Å². The summed E-state index contributed by atoms with van der Waals surface area (Å²) in [6.07, 6.45) is 0.560. The highest BCUT2D eigenvalue weighted by molar-refractivity contribution is 7.91. The molecule has 0 saturated carbocycles. The average Bonchev–Trinajstić information content (AvgIpc) is 3.13. The first-order valence-electron chi connectivity index (χ1n) is 9.05. The molecule has 1 N–H and O–H groups in total. The van der Waals surface area contributed by atoms with E-state index >= 15 is 0 Å². The Kier molecular flexibility index (Phi) is 5.03. The zero-order valence-corrected chi connectivity index (χ0v) is 17.0. The Morgan fingerprint density at radius 1 is 1.18 bits per heavy atom. The van der Waals surface area contributed by atoms with Crippen molar-refractivity contribution >= 4 is 27.1 Å². The van der Waals surface area contributed by atoms with E-state index < -0.39 is 9.84 Å². The molecular weight excluding hydrogens is 392 g/mol. The molecule has 1 atom stereocenters. The molecule has 7 heteroatoms. The molecule has 0 aliphatic carbocycles. The molecule has 144 valence electrons. The molecule has 0 saturated heterocycles. The second-order valence-corrected chi connectivity index (χ2v) is 9.89. The number of nitrogens with zero attached hydrogens (tertiary/aromatic N) is 1. The first kappa shape index (κ1) is 18.8. The van der Waals surface area contributed by atoms with E-state index in [0.717, 1.165) is 16.3 Å². The van der Waals surface area contributed by atoms with Crippen molar-refractivity contribution in [2.45, 2.75) is 30.7 Å². The van der Waals surface area contributed by atoms with E-state index in [2.05, 4.69) is 10.3 Å². The fraction of sp³-hybridized carbons (Fsp3) is 0.238. The first-order valence-corrected chi connectivity index (χ1v) is 11.6. The molecule has 2 heterocycles. The molecule has 0 unspecified atom stereocenters. The predicted molar refractivity (Wildman–Crippen MR) is 110 cm³/mol. The molecule has 4 rings (SSSR count). The van der Waals surface area contributed by atoms with Crippen molar-refractivity contribution in [3.05, 3.63) is 70.7 Å². The first-order chi connectivity index (χ1) is 13.4.